The second-order valence-corrected chi connectivity index (χ2v) is 9.31. The summed E-state index contributed by atoms with van der Waals surface area (Å²) in [7, 11) is 0. The van der Waals surface area contributed by atoms with E-state index in [-0.39, 0.29) is 36.1 Å². The first-order chi connectivity index (χ1) is 16.7. The molecular weight excluding hydrogens is 501 g/mol. The van der Waals surface area contributed by atoms with E-state index in [1.165, 1.54) is 34.8 Å². The number of benzene rings is 2. The Hall–Kier alpha value is -3.35. The maximum Gasteiger partial charge on any atom is 0.416 e. The highest BCUT2D eigenvalue weighted by atomic mass is 32.1. The number of aliphatic hydroxyl groups is 1. The van der Waals surface area contributed by atoms with Gasteiger partial charge in [-0.1, -0.05) is 29.5 Å². The number of alkyl halides is 3. The Morgan fingerprint density at radius 2 is 1.94 bits per heavy atom. The van der Waals surface area contributed by atoms with E-state index in [0.717, 1.165) is 12.1 Å². The molecule has 0 bridgehead atoms. The number of amides is 2. The molecule has 35 heavy (non-hydrogen) atoms. The predicted molar refractivity (Wildman–Crippen MR) is 129 cm³/mol. The van der Waals surface area contributed by atoms with Gasteiger partial charge in [-0.15, -0.1) is 11.3 Å². The first kappa shape index (κ1) is 24.8. The quantitative estimate of drug-likeness (QED) is 0.284. The normalized spacial score (nSPS) is 12.5. The summed E-state index contributed by atoms with van der Waals surface area (Å²) in [5, 5.41) is 16.5. The molecule has 2 heterocycles. The Morgan fingerprint density at radius 1 is 1.11 bits per heavy atom. The predicted octanol–water partition coefficient (Wildman–Crippen LogP) is 5.52. The van der Waals surface area contributed by atoms with E-state index in [0.29, 0.717) is 21.6 Å². The molecule has 2 amide bonds. The molecule has 3 N–H and O–H groups in total. The Bertz CT molecular complexity index is 1340. The monoisotopic (exact) mass is 520 g/mol. The van der Waals surface area contributed by atoms with Crippen LogP contribution >= 0.6 is 22.7 Å². The molecule has 0 radical (unpaired) electrons. The first-order valence-electron chi connectivity index (χ1n) is 10.4. The summed E-state index contributed by atoms with van der Waals surface area (Å²) in [6.45, 7) is -0.195. The second kappa shape index (κ2) is 10.5. The van der Waals surface area contributed by atoms with E-state index >= 15 is 0 Å². The lowest BCUT2D eigenvalue weighted by molar-refractivity contribution is -0.137. The summed E-state index contributed by atoms with van der Waals surface area (Å²) in [6.07, 6.45) is -4.12. The number of aromatic nitrogens is 2. The molecule has 2 aromatic carbocycles. The van der Waals surface area contributed by atoms with Gasteiger partial charge in [0.2, 0.25) is 5.91 Å². The summed E-state index contributed by atoms with van der Waals surface area (Å²) >= 11 is 2.48. The first-order valence-corrected chi connectivity index (χ1v) is 12.2. The minimum atomic E-state index is -4.53. The van der Waals surface area contributed by atoms with Gasteiger partial charge in [-0.25, -0.2) is 9.97 Å². The lowest BCUT2D eigenvalue weighted by Crippen LogP contribution is -2.22. The van der Waals surface area contributed by atoms with Crippen LogP contribution in [0.15, 0.2) is 53.4 Å². The van der Waals surface area contributed by atoms with Gasteiger partial charge in [0, 0.05) is 17.7 Å². The minimum absolute atomic E-state index is 0.168. The lowest BCUT2D eigenvalue weighted by Gasteiger charge is -2.17. The molecule has 0 aliphatic heterocycles. The molecule has 0 aliphatic carbocycles. The number of carbonyl (C=O) groups is 2. The average Bonchev–Trinajstić information content (AvgIpc) is 3.48. The molecule has 7 nitrogen and oxygen atoms in total. The third kappa shape index (κ3) is 6.02. The smallest absolute Gasteiger partial charge is 0.396 e. The van der Waals surface area contributed by atoms with Gasteiger partial charge in [0.05, 0.1) is 27.2 Å². The van der Waals surface area contributed by atoms with Crippen LogP contribution in [0.2, 0.25) is 0 Å². The fourth-order valence-electron chi connectivity index (χ4n) is 3.44. The van der Waals surface area contributed by atoms with Crippen molar-refractivity contribution in [3.63, 3.8) is 0 Å². The van der Waals surface area contributed by atoms with Crippen molar-refractivity contribution < 1.29 is 27.9 Å². The van der Waals surface area contributed by atoms with Gasteiger partial charge in [0.1, 0.15) is 5.69 Å². The van der Waals surface area contributed by atoms with E-state index in [4.69, 9.17) is 0 Å². The lowest BCUT2D eigenvalue weighted by atomic mass is 9.92. The number of thiazole rings is 2. The largest absolute Gasteiger partial charge is 0.416 e. The molecular formula is C23H19F3N4O3S2. The number of fused-ring (bicyclic) bond motifs is 1. The highest BCUT2D eigenvalue weighted by molar-refractivity contribution is 7.22. The van der Waals surface area contributed by atoms with Crippen molar-refractivity contribution in [1.82, 2.24) is 9.97 Å². The van der Waals surface area contributed by atoms with E-state index in [1.807, 2.05) is 0 Å². The molecule has 1 atom stereocenters. The summed E-state index contributed by atoms with van der Waals surface area (Å²) in [4.78, 5) is 33.6. The highest BCUT2D eigenvalue weighted by Crippen LogP contribution is 2.34. The topological polar surface area (TPSA) is 104 Å². The molecule has 1 unspecified atom stereocenters. The zero-order chi connectivity index (χ0) is 25.0. The number of aliphatic hydroxyl groups excluding tert-OH is 1. The molecule has 0 spiro atoms. The molecule has 0 saturated carbocycles. The fourth-order valence-corrected chi connectivity index (χ4v) is 4.88. The van der Waals surface area contributed by atoms with Gasteiger partial charge < -0.3 is 15.7 Å². The van der Waals surface area contributed by atoms with Crippen LogP contribution in [0.1, 0.15) is 40.4 Å². The molecule has 182 valence electrons. The number of rotatable bonds is 8. The Labute approximate surface area is 205 Å². The van der Waals surface area contributed by atoms with Crippen LogP contribution < -0.4 is 10.6 Å². The van der Waals surface area contributed by atoms with Crippen molar-refractivity contribution in [2.24, 2.45) is 0 Å². The molecule has 0 saturated heterocycles. The van der Waals surface area contributed by atoms with E-state index < -0.39 is 23.6 Å². The molecule has 12 heteroatoms. The molecule has 4 rings (SSSR count). The van der Waals surface area contributed by atoms with Crippen LogP contribution in [-0.4, -0.2) is 33.5 Å². The molecule has 2 aromatic heterocycles. The number of hydrogen-bond acceptors (Lipinski definition) is 7. The van der Waals surface area contributed by atoms with E-state index in [1.54, 1.807) is 29.1 Å². The van der Waals surface area contributed by atoms with Crippen molar-refractivity contribution in [3.8, 4) is 0 Å². The maximum atomic E-state index is 13.2. The van der Waals surface area contributed by atoms with Crippen molar-refractivity contribution in [2.75, 3.05) is 17.2 Å². The van der Waals surface area contributed by atoms with Gasteiger partial charge in [-0.3, -0.25) is 9.59 Å². The van der Waals surface area contributed by atoms with Crippen molar-refractivity contribution in [1.29, 1.82) is 0 Å². The third-order valence-corrected chi connectivity index (χ3v) is 6.65. The van der Waals surface area contributed by atoms with Crippen molar-refractivity contribution >= 4 is 55.5 Å². The molecule has 0 aliphatic rings. The van der Waals surface area contributed by atoms with Crippen LogP contribution in [0.3, 0.4) is 0 Å². The van der Waals surface area contributed by atoms with Crippen molar-refractivity contribution in [3.05, 3.63) is 70.2 Å². The van der Waals surface area contributed by atoms with Gasteiger partial charge in [0.25, 0.3) is 5.91 Å². The summed E-state index contributed by atoms with van der Waals surface area (Å²) in [6, 6.07) is 9.70. The zero-order valence-electron chi connectivity index (χ0n) is 18.0. The molecule has 4 aromatic rings. The number of anilines is 2. The second-order valence-electron chi connectivity index (χ2n) is 7.56. The maximum absolute atomic E-state index is 13.2. The molecule has 0 fully saturated rings. The Morgan fingerprint density at radius 3 is 2.66 bits per heavy atom. The van der Waals surface area contributed by atoms with Gasteiger partial charge >= 0.3 is 6.18 Å². The summed E-state index contributed by atoms with van der Waals surface area (Å²) < 4.78 is 40.2. The van der Waals surface area contributed by atoms with Crippen LogP contribution in [0.4, 0.5) is 24.0 Å². The number of nitrogens with zero attached hydrogens (tertiary/aromatic N) is 2. The SMILES string of the molecule is O=C(Nc1ccc2nc(NC(=O)C(CCCO)c3cccc(C(F)(F)F)c3)sc2c1)c1cscn1. The number of nitrogens with one attached hydrogen (secondary N) is 2. The summed E-state index contributed by atoms with van der Waals surface area (Å²) in [5.74, 6) is -1.77. The third-order valence-electron chi connectivity index (χ3n) is 5.13. The Balaban J connectivity index is 1.53. The van der Waals surface area contributed by atoms with E-state index in [2.05, 4.69) is 20.6 Å². The van der Waals surface area contributed by atoms with Gasteiger partial charge in [-0.2, -0.15) is 13.2 Å². The number of hydrogen-bond donors (Lipinski definition) is 3. The van der Waals surface area contributed by atoms with Crippen molar-refractivity contribution in [2.45, 2.75) is 24.9 Å². The summed E-state index contributed by atoms with van der Waals surface area (Å²) in [5.41, 5.74) is 2.34. The highest BCUT2D eigenvalue weighted by Gasteiger charge is 2.32. The van der Waals surface area contributed by atoms with Crippen LogP contribution in [0, 0.1) is 0 Å². The van der Waals surface area contributed by atoms with Crippen LogP contribution in [-0.2, 0) is 11.0 Å². The zero-order valence-corrected chi connectivity index (χ0v) is 19.6. The standard InChI is InChI=1S/C23H19F3N4O3S2/c24-23(25,26)14-4-1-3-13(9-14)16(5-2-8-31)20(32)30-22-29-17-7-6-15(10-19(17)35-22)28-21(33)18-11-34-12-27-18/h1,3-4,6-7,9-12,16,31H,2,5,8H2,(H,28,33)(H,29,30,32). The van der Waals surface area contributed by atoms with E-state index in [9.17, 15) is 27.9 Å². The fraction of sp³-hybridized carbons (Fsp3) is 0.217. The van der Waals surface area contributed by atoms with Gasteiger partial charge in [0.15, 0.2) is 5.13 Å². The average molecular weight is 521 g/mol. The number of halogens is 3. The minimum Gasteiger partial charge on any atom is -0.396 e. The number of carbonyl (C=O) groups excluding carboxylic acids is 2. The Kier molecular flexibility index (Phi) is 7.43. The van der Waals surface area contributed by atoms with Crippen LogP contribution in [0.25, 0.3) is 10.2 Å². The van der Waals surface area contributed by atoms with Gasteiger partial charge in [-0.05, 0) is 42.7 Å². The van der Waals surface area contributed by atoms with Crippen LogP contribution in [0.5, 0.6) is 0 Å².